The number of benzene rings is 2. The van der Waals surface area contributed by atoms with Crippen molar-refractivity contribution in [3.8, 4) is 0 Å². The molecule has 0 atom stereocenters. The minimum Gasteiger partial charge on any atom is -0.355 e. The summed E-state index contributed by atoms with van der Waals surface area (Å²) < 4.78 is 0. The fourth-order valence-electron chi connectivity index (χ4n) is 2.47. The highest BCUT2D eigenvalue weighted by Crippen LogP contribution is 2.16. The van der Waals surface area contributed by atoms with Crippen LogP contribution in [0.15, 0.2) is 60.7 Å². The zero-order valence-electron chi connectivity index (χ0n) is 11.5. The summed E-state index contributed by atoms with van der Waals surface area (Å²) in [5, 5.41) is 3.41. The molecule has 0 aromatic heterocycles. The summed E-state index contributed by atoms with van der Waals surface area (Å²) >= 11 is 0. The van der Waals surface area contributed by atoms with E-state index in [9.17, 15) is 0 Å². The molecule has 0 saturated carbocycles. The Labute approximate surface area is 120 Å². The van der Waals surface area contributed by atoms with E-state index in [2.05, 4.69) is 75.9 Å². The van der Waals surface area contributed by atoms with Crippen molar-refractivity contribution < 1.29 is 4.99 Å². The first-order chi connectivity index (χ1) is 9.92. The Morgan fingerprint density at radius 2 is 1.60 bits per heavy atom. The molecule has 1 aliphatic rings. The lowest BCUT2D eigenvalue weighted by atomic mass is 10.2. The van der Waals surface area contributed by atoms with E-state index in [0.29, 0.717) is 0 Å². The van der Waals surface area contributed by atoms with Crippen LogP contribution in [0.25, 0.3) is 0 Å². The quantitative estimate of drug-likeness (QED) is 0.837. The van der Waals surface area contributed by atoms with Crippen molar-refractivity contribution in [2.45, 2.75) is 6.54 Å². The van der Waals surface area contributed by atoms with Gasteiger partial charge in [-0.05, 0) is 17.7 Å². The molecule has 0 radical (unpaired) electrons. The summed E-state index contributed by atoms with van der Waals surface area (Å²) in [4.78, 5) is 5.79. The summed E-state index contributed by atoms with van der Waals surface area (Å²) in [5.41, 5.74) is 2.58. The topological polar surface area (TPSA) is 29.2 Å². The van der Waals surface area contributed by atoms with E-state index in [0.717, 1.165) is 26.2 Å². The third kappa shape index (κ3) is 3.18. The van der Waals surface area contributed by atoms with Crippen molar-refractivity contribution >= 4 is 11.5 Å². The molecule has 2 N–H and O–H groups in total. The standard InChI is InChI=1S/C17H19N3/c1-3-7-15(8-4-1)13-20(14-17-18-11-12-19-17)16-9-5-2-6-10-16/h1-10H,11-14H2,(H,18,19)/p+1. The zero-order valence-corrected chi connectivity index (χ0v) is 11.5. The minimum absolute atomic E-state index is 0.888. The summed E-state index contributed by atoms with van der Waals surface area (Å²) in [5.74, 6) is 1.21. The molecule has 3 nitrogen and oxygen atoms in total. The molecular weight excluding hydrogens is 246 g/mol. The normalized spacial score (nSPS) is 13.7. The largest absolute Gasteiger partial charge is 0.355 e. The maximum Gasteiger partial charge on any atom is 0.262 e. The SMILES string of the molecule is c1ccc(CN(CC2=[NH+]CCN2)c2ccccc2)cc1. The molecule has 3 rings (SSSR count). The van der Waals surface area contributed by atoms with E-state index in [1.807, 2.05) is 0 Å². The van der Waals surface area contributed by atoms with Crippen molar-refractivity contribution in [2.24, 2.45) is 0 Å². The lowest BCUT2D eigenvalue weighted by molar-refractivity contribution is -0.445. The molecule has 0 spiro atoms. The van der Waals surface area contributed by atoms with Gasteiger partial charge in [0.1, 0.15) is 19.6 Å². The lowest BCUT2D eigenvalue weighted by Crippen LogP contribution is -2.72. The number of anilines is 1. The van der Waals surface area contributed by atoms with Gasteiger partial charge in [-0.2, -0.15) is 0 Å². The third-order valence-corrected chi connectivity index (χ3v) is 3.49. The second kappa shape index (κ2) is 6.24. The maximum atomic E-state index is 3.41. The van der Waals surface area contributed by atoms with Crippen molar-refractivity contribution in [2.75, 3.05) is 24.5 Å². The van der Waals surface area contributed by atoms with Crippen molar-refractivity contribution in [1.29, 1.82) is 0 Å². The van der Waals surface area contributed by atoms with Crippen LogP contribution in [-0.2, 0) is 6.54 Å². The lowest BCUT2D eigenvalue weighted by Gasteiger charge is -2.23. The first-order valence-corrected chi connectivity index (χ1v) is 7.09. The van der Waals surface area contributed by atoms with Crippen LogP contribution in [0.4, 0.5) is 5.69 Å². The third-order valence-electron chi connectivity index (χ3n) is 3.49. The predicted molar refractivity (Wildman–Crippen MR) is 82.8 cm³/mol. The monoisotopic (exact) mass is 266 g/mol. The van der Waals surface area contributed by atoms with Crippen LogP contribution in [0.1, 0.15) is 5.56 Å². The Bertz CT molecular complexity index is 563. The van der Waals surface area contributed by atoms with Gasteiger partial charge < -0.3 is 4.90 Å². The van der Waals surface area contributed by atoms with Gasteiger partial charge in [-0.15, -0.1) is 0 Å². The average Bonchev–Trinajstić information content (AvgIpc) is 3.02. The Balaban J connectivity index is 1.79. The summed E-state index contributed by atoms with van der Waals surface area (Å²) in [6.45, 7) is 3.84. The van der Waals surface area contributed by atoms with Gasteiger partial charge in [-0.3, -0.25) is 10.3 Å². The minimum atomic E-state index is 0.888. The number of hydrogen-bond donors (Lipinski definition) is 2. The second-order valence-electron chi connectivity index (χ2n) is 5.01. The molecule has 20 heavy (non-hydrogen) atoms. The molecule has 0 amide bonds. The fourth-order valence-corrected chi connectivity index (χ4v) is 2.47. The van der Waals surface area contributed by atoms with Crippen LogP contribution in [-0.4, -0.2) is 25.5 Å². The summed E-state index contributed by atoms with van der Waals surface area (Å²) in [6.07, 6.45) is 0. The summed E-state index contributed by atoms with van der Waals surface area (Å²) in [7, 11) is 0. The Morgan fingerprint density at radius 3 is 2.25 bits per heavy atom. The Morgan fingerprint density at radius 1 is 0.900 bits per heavy atom. The summed E-state index contributed by atoms with van der Waals surface area (Å²) in [6, 6.07) is 21.2. The van der Waals surface area contributed by atoms with Gasteiger partial charge in [0.2, 0.25) is 0 Å². The van der Waals surface area contributed by atoms with E-state index in [1.54, 1.807) is 0 Å². The fraction of sp³-hybridized carbons (Fsp3) is 0.235. The molecular formula is C17H20N3+. The van der Waals surface area contributed by atoms with Crippen molar-refractivity contribution in [1.82, 2.24) is 5.32 Å². The molecule has 0 saturated heterocycles. The van der Waals surface area contributed by atoms with Crippen LogP contribution >= 0.6 is 0 Å². The molecule has 1 aliphatic heterocycles. The van der Waals surface area contributed by atoms with E-state index in [1.165, 1.54) is 17.1 Å². The van der Waals surface area contributed by atoms with E-state index >= 15 is 0 Å². The smallest absolute Gasteiger partial charge is 0.262 e. The highest BCUT2D eigenvalue weighted by molar-refractivity contribution is 5.82. The predicted octanol–water partition coefficient (Wildman–Crippen LogP) is 0.776. The van der Waals surface area contributed by atoms with Gasteiger partial charge in [0.25, 0.3) is 5.84 Å². The number of rotatable bonds is 5. The molecule has 1 heterocycles. The van der Waals surface area contributed by atoms with Gasteiger partial charge in [-0.1, -0.05) is 48.5 Å². The molecule has 2 aromatic carbocycles. The molecule has 0 bridgehead atoms. The zero-order chi connectivity index (χ0) is 13.6. The van der Waals surface area contributed by atoms with E-state index in [-0.39, 0.29) is 0 Å². The molecule has 0 aliphatic carbocycles. The van der Waals surface area contributed by atoms with Crippen LogP contribution in [0.5, 0.6) is 0 Å². The highest BCUT2D eigenvalue weighted by Gasteiger charge is 2.17. The first-order valence-electron chi connectivity index (χ1n) is 7.09. The molecule has 0 unspecified atom stereocenters. The number of amidine groups is 1. The second-order valence-corrected chi connectivity index (χ2v) is 5.01. The molecule has 2 aromatic rings. The van der Waals surface area contributed by atoms with Crippen LogP contribution in [0.2, 0.25) is 0 Å². The Kier molecular flexibility index (Phi) is 3.97. The molecule has 3 heteroatoms. The van der Waals surface area contributed by atoms with E-state index < -0.39 is 0 Å². The van der Waals surface area contributed by atoms with Crippen molar-refractivity contribution in [3.63, 3.8) is 0 Å². The van der Waals surface area contributed by atoms with Gasteiger partial charge in [-0.25, -0.2) is 0 Å². The average molecular weight is 266 g/mol. The molecule has 102 valence electrons. The van der Waals surface area contributed by atoms with Gasteiger partial charge in [0.15, 0.2) is 0 Å². The van der Waals surface area contributed by atoms with Crippen LogP contribution in [0.3, 0.4) is 0 Å². The van der Waals surface area contributed by atoms with Gasteiger partial charge in [0.05, 0.1) is 0 Å². The molecule has 0 fully saturated rings. The Hall–Kier alpha value is -2.29. The number of hydrogen-bond acceptors (Lipinski definition) is 2. The van der Waals surface area contributed by atoms with Gasteiger partial charge >= 0.3 is 0 Å². The highest BCUT2D eigenvalue weighted by atomic mass is 15.2. The van der Waals surface area contributed by atoms with Crippen LogP contribution < -0.4 is 15.2 Å². The number of nitrogens with zero attached hydrogens (tertiary/aromatic N) is 1. The first kappa shape index (κ1) is 12.7. The maximum absolute atomic E-state index is 3.41. The van der Waals surface area contributed by atoms with Gasteiger partial charge in [0, 0.05) is 12.2 Å². The number of para-hydroxylation sites is 1. The van der Waals surface area contributed by atoms with E-state index in [4.69, 9.17) is 0 Å². The number of nitrogens with one attached hydrogen (secondary N) is 2. The van der Waals surface area contributed by atoms with Crippen molar-refractivity contribution in [3.05, 3.63) is 66.2 Å². The van der Waals surface area contributed by atoms with Crippen LogP contribution in [0, 0.1) is 0 Å².